The minimum absolute atomic E-state index is 0.0194. The number of carbonyl (C=O) groups excluding carboxylic acids is 1. The third kappa shape index (κ3) is 4.03. The van der Waals surface area contributed by atoms with Gasteiger partial charge in [0.25, 0.3) is 0 Å². The third-order valence-corrected chi connectivity index (χ3v) is 6.04. The largest absolute Gasteiger partial charge is 0.494 e. The third-order valence-electron chi connectivity index (χ3n) is 6.04. The molecule has 0 aliphatic carbocycles. The predicted octanol–water partition coefficient (Wildman–Crippen LogP) is 1.39. The highest BCUT2D eigenvalue weighted by Gasteiger charge is 2.29. The molecule has 5 rings (SSSR count). The standard InChI is InChI=1S/C23H27N7O4/c1-13(31)34-12-17-25-19-16(32-3)11-14(21(33-4)20(19)26-17)22-24-15-5-6-18(27-23(15)28-22)30-9-7-29(2)8-10-30/h5-6,11,15H,7-10,12H2,1-4H3,(H,25,26). The van der Waals surface area contributed by atoms with E-state index < -0.39 is 0 Å². The molecule has 0 bridgehead atoms. The van der Waals surface area contributed by atoms with Crippen molar-refractivity contribution in [2.45, 2.75) is 19.6 Å². The Hall–Kier alpha value is -3.73. The average molecular weight is 466 g/mol. The maximum Gasteiger partial charge on any atom is 0.303 e. The van der Waals surface area contributed by atoms with Crippen molar-refractivity contribution in [2.24, 2.45) is 15.0 Å². The quantitative estimate of drug-likeness (QED) is 0.663. The Bertz CT molecular complexity index is 1250. The van der Waals surface area contributed by atoms with Crippen molar-refractivity contribution in [1.29, 1.82) is 0 Å². The molecule has 0 radical (unpaired) electrons. The van der Waals surface area contributed by atoms with E-state index in [-0.39, 0.29) is 18.6 Å². The van der Waals surface area contributed by atoms with E-state index in [0.717, 1.165) is 32.0 Å². The van der Waals surface area contributed by atoms with Gasteiger partial charge in [0.05, 0.1) is 19.8 Å². The fourth-order valence-electron chi connectivity index (χ4n) is 4.22. The lowest BCUT2D eigenvalue weighted by Crippen LogP contribution is -2.47. The fraction of sp³-hybridized carbons (Fsp3) is 0.435. The normalized spacial score (nSPS) is 20.1. The lowest BCUT2D eigenvalue weighted by Gasteiger charge is -2.34. The van der Waals surface area contributed by atoms with Crippen LogP contribution < -0.4 is 9.47 Å². The van der Waals surface area contributed by atoms with Gasteiger partial charge in [-0.3, -0.25) is 9.79 Å². The zero-order chi connectivity index (χ0) is 23.8. The molecule has 1 saturated heterocycles. The number of nitrogens with zero attached hydrogens (tertiary/aromatic N) is 6. The van der Waals surface area contributed by atoms with Gasteiger partial charge in [0.2, 0.25) is 0 Å². The van der Waals surface area contributed by atoms with E-state index in [1.165, 1.54) is 6.92 Å². The number of aliphatic imine (C=N–C) groups is 3. The number of amidine groups is 3. The number of aromatic amines is 1. The highest BCUT2D eigenvalue weighted by Crippen LogP contribution is 2.37. The summed E-state index contributed by atoms with van der Waals surface area (Å²) >= 11 is 0. The van der Waals surface area contributed by atoms with Crippen LogP contribution >= 0.6 is 0 Å². The Balaban J connectivity index is 1.49. The highest BCUT2D eigenvalue weighted by atomic mass is 16.5. The van der Waals surface area contributed by atoms with Crippen LogP contribution in [0, 0.1) is 0 Å². The Kier molecular flexibility index (Phi) is 5.78. The van der Waals surface area contributed by atoms with Gasteiger partial charge in [-0.05, 0) is 25.3 Å². The summed E-state index contributed by atoms with van der Waals surface area (Å²) < 4.78 is 16.4. The molecule has 11 nitrogen and oxygen atoms in total. The van der Waals surface area contributed by atoms with Gasteiger partial charge < -0.3 is 29.0 Å². The van der Waals surface area contributed by atoms with Crippen LogP contribution in [0.5, 0.6) is 11.5 Å². The van der Waals surface area contributed by atoms with Gasteiger partial charge in [-0.1, -0.05) is 0 Å². The van der Waals surface area contributed by atoms with Crippen LogP contribution in [0.4, 0.5) is 0 Å². The molecule has 1 fully saturated rings. The van der Waals surface area contributed by atoms with Gasteiger partial charge in [0, 0.05) is 33.1 Å². The van der Waals surface area contributed by atoms with E-state index in [9.17, 15) is 4.79 Å². The van der Waals surface area contributed by atoms with Crippen molar-refractivity contribution in [3.05, 3.63) is 29.6 Å². The number of dihydropyridines is 1. The molecule has 1 aromatic heterocycles. The summed E-state index contributed by atoms with van der Waals surface area (Å²) in [6.45, 7) is 5.25. The number of likely N-dealkylation sites (N-methyl/N-ethyl adjacent to an activating group) is 1. The number of piperazine rings is 1. The number of nitrogens with one attached hydrogen (secondary N) is 1. The molecular formula is C23H27N7O4. The van der Waals surface area contributed by atoms with Crippen LogP contribution in [0.25, 0.3) is 11.0 Å². The van der Waals surface area contributed by atoms with Crippen LogP contribution in [-0.4, -0.2) is 96.7 Å². The zero-order valence-corrected chi connectivity index (χ0v) is 19.7. The number of benzene rings is 1. The minimum Gasteiger partial charge on any atom is -0.494 e. The van der Waals surface area contributed by atoms with Gasteiger partial charge in [-0.15, -0.1) is 0 Å². The Morgan fingerprint density at radius 3 is 2.68 bits per heavy atom. The molecule has 4 heterocycles. The van der Waals surface area contributed by atoms with E-state index >= 15 is 0 Å². The summed E-state index contributed by atoms with van der Waals surface area (Å²) in [7, 11) is 5.28. The van der Waals surface area contributed by atoms with Crippen LogP contribution in [0.2, 0.25) is 0 Å². The first kappa shape index (κ1) is 22.1. The Morgan fingerprint density at radius 1 is 1.18 bits per heavy atom. The smallest absolute Gasteiger partial charge is 0.303 e. The highest BCUT2D eigenvalue weighted by molar-refractivity contribution is 6.19. The van der Waals surface area contributed by atoms with Crippen molar-refractivity contribution in [3.8, 4) is 11.5 Å². The van der Waals surface area contributed by atoms with Gasteiger partial charge in [-0.2, -0.15) is 0 Å². The zero-order valence-electron chi connectivity index (χ0n) is 19.7. The maximum absolute atomic E-state index is 11.2. The second-order valence-corrected chi connectivity index (χ2v) is 8.33. The summed E-state index contributed by atoms with van der Waals surface area (Å²) in [6.07, 6.45) is 4.06. The predicted molar refractivity (Wildman–Crippen MR) is 128 cm³/mol. The lowest BCUT2D eigenvalue weighted by atomic mass is 10.1. The summed E-state index contributed by atoms with van der Waals surface area (Å²) in [5.41, 5.74) is 1.86. The monoisotopic (exact) mass is 465 g/mol. The molecule has 0 spiro atoms. The molecule has 0 saturated carbocycles. The van der Waals surface area contributed by atoms with E-state index in [1.807, 2.05) is 18.2 Å². The first-order valence-electron chi connectivity index (χ1n) is 11.1. The van der Waals surface area contributed by atoms with E-state index in [1.54, 1.807) is 14.2 Å². The van der Waals surface area contributed by atoms with Gasteiger partial charge >= 0.3 is 5.97 Å². The van der Waals surface area contributed by atoms with E-state index in [4.69, 9.17) is 29.2 Å². The van der Waals surface area contributed by atoms with Crippen LogP contribution in [0.3, 0.4) is 0 Å². The van der Waals surface area contributed by atoms with Crippen LogP contribution in [0.15, 0.2) is 33.2 Å². The van der Waals surface area contributed by atoms with Crippen molar-refractivity contribution >= 4 is 34.5 Å². The number of carbonyl (C=O) groups is 1. The molecule has 1 atom stereocenters. The van der Waals surface area contributed by atoms with Crippen LogP contribution in [-0.2, 0) is 16.1 Å². The van der Waals surface area contributed by atoms with Gasteiger partial charge in [0.1, 0.15) is 41.1 Å². The summed E-state index contributed by atoms with van der Waals surface area (Å²) in [4.78, 5) is 37.8. The Morgan fingerprint density at radius 2 is 1.97 bits per heavy atom. The molecule has 1 unspecified atom stereocenters. The molecule has 3 aliphatic rings. The molecule has 0 amide bonds. The number of methoxy groups -OCH3 is 2. The number of fused-ring (bicyclic) bond motifs is 2. The van der Waals surface area contributed by atoms with Crippen molar-refractivity contribution in [1.82, 2.24) is 19.8 Å². The van der Waals surface area contributed by atoms with Gasteiger partial charge in [0.15, 0.2) is 17.4 Å². The Labute approximate surface area is 196 Å². The summed E-state index contributed by atoms with van der Waals surface area (Å²) in [5.74, 6) is 3.26. The summed E-state index contributed by atoms with van der Waals surface area (Å²) in [5, 5.41) is 0. The number of imidazole rings is 1. The lowest BCUT2D eigenvalue weighted by molar-refractivity contribution is -0.142. The average Bonchev–Trinajstić information content (AvgIpc) is 3.46. The topological polar surface area (TPSA) is 117 Å². The van der Waals surface area contributed by atoms with Crippen molar-refractivity contribution in [2.75, 3.05) is 47.4 Å². The number of ether oxygens (including phenoxy) is 3. The minimum atomic E-state index is -0.386. The van der Waals surface area contributed by atoms with Gasteiger partial charge in [-0.25, -0.2) is 15.0 Å². The first-order chi connectivity index (χ1) is 16.5. The van der Waals surface area contributed by atoms with E-state index in [0.29, 0.717) is 45.6 Å². The number of esters is 1. The second-order valence-electron chi connectivity index (χ2n) is 8.33. The van der Waals surface area contributed by atoms with Crippen molar-refractivity contribution < 1.29 is 19.0 Å². The SMILES string of the molecule is COc1cc(C2=NC3C=CC(N4CCN(C)CC4)=NC3=N2)c(OC)c2[nH]c(COC(C)=O)nc12. The molecular weight excluding hydrogens is 438 g/mol. The first-order valence-corrected chi connectivity index (χ1v) is 11.1. The molecule has 2 aromatic rings. The van der Waals surface area contributed by atoms with Crippen molar-refractivity contribution in [3.63, 3.8) is 0 Å². The molecule has 3 aliphatic heterocycles. The fourth-order valence-corrected chi connectivity index (χ4v) is 4.22. The molecule has 178 valence electrons. The molecule has 1 aromatic carbocycles. The summed E-state index contributed by atoms with van der Waals surface area (Å²) in [6, 6.07) is 1.58. The number of aromatic nitrogens is 2. The number of H-pyrrole nitrogens is 1. The molecule has 1 N–H and O–H groups in total. The second kappa shape index (κ2) is 8.90. The number of hydrogen-bond donors (Lipinski definition) is 1. The van der Waals surface area contributed by atoms with E-state index in [2.05, 4.69) is 26.8 Å². The number of hydrogen-bond acceptors (Lipinski definition) is 10. The molecule has 34 heavy (non-hydrogen) atoms. The molecule has 11 heteroatoms. The maximum atomic E-state index is 11.2. The van der Waals surface area contributed by atoms with Crippen LogP contribution in [0.1, 0.15) is 18.3 Å². The number of rotatable bonds is 5.